The van der Waals surface area contributed by atoms with Gasteiger partial charge in [-0.25, -0.2) is 14.8 Å². The summed E-state index contributed by atoms with van der Waals surface area (Å²) in [5.41, 5.74) is 0.983. The summed E-state index contributed by atoms with van der Waals surface area (Å²) in [6.45, 7) is 1.96. The number of aromatic nitrogens is 4. The van der Waals surface area contributed by atoms with Crippen molar-refractivity contribution in [1.82, 2.24) is 19.9 Å². The fourth-order valence-corrected chi connectivity index (χ4v) is 1.04. The van der Waals surface area contributed by atoms with Crippen LogP contribution in [0.2, 0.25) is 0 Å². The minimum absolute atomic E-state index is 0.243. The van der Waals surface area contributed by atoms with Crippen molar-refractivity contribution in [2.45, 2.75) is 13.3 Å². The molecule has 0 amide bonds. The quantitative estimate of drug-likeness (QED) is 0.632. The second-order valence-electron chi connectivity index (χ2n) is 2.48. The lowest BCUT2D eigenvalue weighted by Gasteiger charge is -1.92. The molecular formula is C7H8N4O. The molecule has 2 rings (SSSR count). The molecule has 0 aliphatic rings. The lowest BCUT2D eigenvalue weighted by molar-refractivity contribution is 0.955. The Morgan fingerprint density at radius 2 is 2.33 bits per heavy atom. The van der Waals surface area contributed by atoms with E-state index < -0.39 is 0 Å². The SMILES string of the molecule is CCc1ncc2[nH]c(=O)[nH]c2n1. The number of aromatic amines is 2. The van der Waals surface area contributed by atoms with Crippen LogP contribution in [0, 0.1) is 0 Å². The molecule has 2 heterocycles. The van der Waals surface area contributed by atoms with Crippen molar-refractivity contribution in [2.24, 2.45) is 0 Å². The third-order valence-electron chi connectivity index (χ3n) is 1.64. The van der Waals surface area contributed by atoms with E-state index in [4.69, 9.17) is 0 Å². The number of aryl methyl sites for hydroxylation is 1. The van der Waals surface area contributed by atoms with Crippen LogP contribution in [0.15, 0.2) is 11.0 Å². The average Bonchev–Trinajstić information content (AvgIpc) is 2.43. The molecule has 0 aliphatic carbocycles. The van der Waals surface area contributed by atoms with Gasteiger partial charge in [-0.3, -0.25) is 4.98 Å². The Labute approximate surface area is 67.9 Å². The van der Waals surface area contributed by atoms with Crippen LogP contribution in [-0.2, 0) is 6.42 Å². The van der Waals surface area contributed by atoms with E-state index in [0.717, 1.165) is 12.2 Å². The maximum atomic E-state index is 10.8. The first-order valence-corrected chi connectivity index (χ1v) is 3.73. The summed E-state index contributed by atoms with van der Waals surface area (Å²) in [5, 5.41) is 0. The van der Waals surface area contributed by atoms with Crippen molar-refractivity contribution in [3.8, 4) is 0 Å². The van der Waals surface area contributed by atoms with Gasteiger partial charge in [0.1, 0.15) is 11.3 Å². The van der Waals surface area contributed by atoms with E-state index in [2.05, 4.69) is 19.9 Å². The molecule has 0 spiro atoms. The maximum absolute atomic E-state index is 10.8. The fraction of sp³-hybridized carbons (Fsp3) is 0.286. The molecule has 2 aromatic rings. The van der Waals surface area contributed by atoms with E-state index in [9.17, 15) is 4.79 Å². The van der Waals surface area contributed by atoms with Gasteiger partial charge in [0, 0.05) is 6.42 Å². The highest BCUT2D eigenvalue weighted by Crippen LogP contribution is 2.01. The van der Waals surface area contributed by atoms with Crippen molar-refractivity contribution in [1.29, 1.82) is 0 Å². The van der Waals surface area contributed by atoms with Gasteiger partial charge in [-0.1, -0.05) is 6.92 Å². The highest BCUT2D eigenvalue weighted by Gasteiger charge is 2.00. The number of hydrogen-bond donors (Lipinski definition) is 2. The summed E-state index contributed by atoms with van der Waals surface area (Å²) >= 11 is 0. The van der Waals surface area contributed by atoms with Gasteiger partial charge >= 0.3 is 5.69 Å². The first-order chi connectivity index (χ1) is 5.79. The largest absolute Gasteiger partial charge is 0.325 e. The molecule has 0 saturated heterocycles. The molecule has 0 unspecified atom stereocenters. The zero-order chi connectivity index (χ0) is 8.55. The van der Waals surface area contributed by atoms with Crippen LogP contribution in [0.3, 0.4) is 0 Å². The molecule has 2 N–H and O–H groups in total. The van der Waals surface area contributed by atoms with Crippen molar-refractivity contribution in [3.05, 3.63) is 22.5 Å². The molecular weight excluding hydrogens is 156 g/mol. The monoisotopic (exact) mass is 164 g/mol. The van der Waals surface area contributed by atoms with Gasteiger partial charge in [0.05, 0.1) is 6.20 Å². The number of rotatable bonds is 1. The van der Waals surface area contributed by atoms with E-state index in [1.807, 2.05) is 6.92 Å². The smallest absolute Gasteiger partial charge is 0.303 e. The van der Waals surface area contributed by atoms with Crippen molar-refractivity contribution < 1.29 is 0 Å². The third-order valence-corrected chi connectivity index (χ3v) is 1.64. The first-order valence-electron chi connectivity index (χ1n) is 3.73. The van der Waals surface area contributed by atoms with Crippen molar-refractivity contribution >= 4 is 11.2 Å². The second-order valence-corrected chi connectivity index (χ2v) is 2.48. The zero-order valence-corrected chi connectivity index (χ0v) is 6.59. The van der Waals surface area contributed by atoms with E-state index in [1.54, 1.807) is 6.20 Å². The Balaban J connectivity index is 2.74. The van der Waals surface area contributed by atoms with Gasteiger partial charge < -0.3 is 4.98 Å². The standard InChI is InChI=1S/C7H8N4O/c1-2-5-8-3-4-6(10-5)11-7(12)9-4/h3H,2H2,1H3,(H2,8,9,10,11,12). The van der Waals surface area contributed by atoms with Crippen molar-refractivity contribution in [2.75, 3.05) is 0 Å². The number of hydrogen-bond acceptors (Lipinski definition) is 3. The molecule has 0 fully saturated rings. The summed E-state index contributed by atoms with van der Waals surface area (Å²) < 4.78 is 0. The van der Waals surface area contributed by atoms with Crippen molar-refractivity contribution in [3.63, 3.8) is 0 Å². The van der Waals surface area contributed by atoms with Crippen LogP contribution in [0.5, 0.6) is 0 Å². The van der Waals surface area contributed by atoms with Gasteiger partial charge in [0.2, 0.25) is 0 Å². The fourth-order valence-electron chi connectivity index (χ4n) is 1.04. The Kier molecular flexibility index (Phi) is 1.43. The predicted molar refractivity (Wildman–Crippen MR) is 43.9 cm³/mol. The molecule has 0 atom stereocenters. The van der Waals surface area contributed by atoms with Gasteiger partial charge in [0.25, 0.3) is 0 Å². The number of H-pyrrole nitrogens is 2. The van der Waals surface area contributed by atoms with E-state index in [0.29, 0.717) is 11.2 Å². The average molecular weight is 164 g/mol. The minimum atomic E-state index is -0.243. The topological polar surface area (TPSA) is 74.4 Å². The predicted octanol–water partition coefficient (Wildman–Crippen LogP) is 0.209. The van der Waals surface area contributed by atoms with Gasteiger partial charge in [-0.15, -0.1) is 0 Å². The molecule has 2 aromatic heterocycles. The first kappa shape index (κ1) is 7.02. The lowest BCUT2D eigenvalue weighted by atomic mass is 10.4. The molecule has 0 saturated carbocycles. The molecule has 0 aromatic carbocycles. The Hall–Kier alpha value is -1.65. The van der Waals surface area contributed by atoms with E-state index in [-0.39, 0.29) is 5.69 Å². The van der Waals surface area contributed by atoms with Gasteiger partial charge in [0.15, 0.2) is 5.65 Å². The summed E-state index contributed by atoms with van der Waals surface area (Å²) in [6.07, 6.45) is 2.38. The number of imidazole rings is 1. The summed E-state index contributed by atoms with van der Waals surface area (Å²) in [6, 6.07) is 0. The lowest BCUT2D eigenvalue weighted by Crippen LogP contribution is -1.99. The number of nitrogens with one attached hydrogen (secondary N) is 2. The normalized spacial score (nSPS) is 10.8. The Morgan fingerprint density at radius 1 is 1.50 bits per heavy atom. The van der Waals surface area contributed by atoms with E-state index in [1.165, 1.54) is 0 Å². The number of fused-ring (bicyclic) bond motifs is 1. The Bertz CT molecular complexity index is 456. The summed E-state index contributed by atoms with van der Waals surface area (Å²) in [4.78, 5) is 24.1. The van der Waals surface area contributed by atoms with Crippen LogP contribution in [0.25, 0.3) is 11.2 Å². The van der Waals surface area contributed by atoms with Gasteiger partial charge in [-0.05, 0) is 0 Å². The molecule has 62 valence electrons. The van der Waals surface area contributed by atoms with Crippen LogP contribution < -0.4 is 5.69 Å². The molecule has 5 heteroatoms. The molecule has 0 aliphatic heterocycles. The van der Waals surface area contributed by atoms with Crippen LogP contribution in [0.1, 0.15) is 12.7 Å². The van der Waals surface area contributed by atoms with E-state index >= 15 is 0 Å². The van der Waals surface area contributed by atoms with Crippen LogP contribution in [0.4, 0.5) is 0 Å². The van der Waals surface area contributed by atoms with Crippen LogP contribution >= 0.6 is 0 Å². The highest BCUT2D eigenvalue weighted by atomic mass is 16.1. The third kappa shape index (κ3) is 0.990. The second kappa shape index (κ2) is 2.44. The summed E-state index contributed by atoms with van der Waals surface area (Å²) in [5.74, 6) is 0.734. The van der Waals surface area contributed by atoms with Crippen LogP contribution in [-0.4, -0.2) is 19.9 Å². The molecule has 0 bridgehead atoms. The molecule has 5 nitrogen and oxygen atoms in total. The summed E-state index contributed by atoms with van der Waals surface area (Å²) in [7, 11) is 0. The minimum Gasteiger partial charge on any atom is -0.303 e. The maximum Gasteiger partial charge on any atom is 0.325 e. The van der Waals surface area contributed by atoms with Gasteiger partial charge in [-0.2, -0.15) is 0 Å². The molecule has 12 heavy (non-hydrogen) atoms. The Morgan fingerprint density at radius 3 is 3.08 bits per heavy atom. The highest BCUT2D eigenvalue weighted by molar-refractivity contribution is 5.67. The number of nitrogens with zero attached hydrogens (tertiary/aromatic N) is 2. The molecule has 0 radical (unpaired) electrons. The zero-order valence-electron chi connectivity index (χ0n) is 6.59.